The number of ether oxygens (including phenoxy) is 1. The van der Waals surface area contributed by atoms with Gasteiger partial charge in [-0.15, -0.1) is 0 Å². The van der Waals surface area contributed by atoms with Crippen LogP contribution in [0.15, 0.2) is 22.7 Å². The number of hydrogen-bond acceptors (Lipinski definition) is 2. The molecular formula is C11H12BrF3O2. The molecule has 1 N–H and O–H groups in total. The maximum Gasteiger partial charge on any atom is 0.420 e. The van der Waals surface area contributed by atoms with Gasteiger partial charge in [-0.05, 0) is 32.0 Å². The van der Waals surface area contributed by atoms with Crippen molar-refractivity contribution in [2.24, 2.45) is 0 Å². The second kappa shape index (κ2) is 4.86. The van der Waals surface area contributed by atoms with Gasteiger partial charge < -0.3 is 9.84 Å². The normalized spacial score (nSPS) is 12.6. The fourth-order valence-electron chi connectivity index (χ4n) is 1.10. The molecule has 1 rings (SSSR count). The van der Waals surface area contributed by atoms with E-state index in [1.54, 1.807) is 0 Å². The predicted molar refractivity (Wildman–Crippen MR) is 60.9 cm³/mol. The first-order chi connectivity index (χ1) is 7.59. The van der Waals surface area contributed by atoms with Gasteiger partial charge in [0.15, 0.2) is 0 Å². The van der Waals surface area contributed by atoms with Crippen LogP contribution in [0.5, 0.6) is 5.75 Å². The maximum atomic E-state index is 12.7. The molecule has 0 aromatic heterocycles. The molecular weight excluding hydrogens is 301 g/mol. The number of alkyl halides is 3. The summed E-state index contributed by atoms with van der Waals surface area (Å²) in [7, 11) is 0. The van der Waals surface area contributed by atoms with Gasteiger partial charge in [-0.25, -0.2) is 0 Å². The van der Waals surface area contributed by atoms with E-state index in [2.05, 4.69) is 15.9 Å². The average Bonchev–Trinajstić information content (AvgIpc) is 2.13. The fraction of sp³-hybridized carbons (Fsp3) is 0.455. The topological polar surface area (TPSA) is 29.5 Å². The zero-order valence-electron chi connectivity index (χ0n) is 9.31. The molecule has 96 valence electrons. The summed E-state index contributed by atoms with van der Waals surface area (Å²) in [5, 5.41) is 9.41. The number of aliphatic hydroxyl groups is 1. The van der Waals surface area contributed by atoms with Crippen LogP contribution in [0.3, 0.4) is 0 Å². The number of benzene rings is 1. The summed E-state index contributed by atoms with van der Waals surface area (Å²) < 4.78 is 43.4. The smallest absolute Gasteiger partial charge is 0.420 e. The van der Waals surface area contributed by atoms with Crippen molar-refractivity contribution in [1.29, 1.82) is 0 Å². The Hall–Kier alpha value is -0.750. The van der Waals surface area contributed by atoms with Crippen LogP contribution in [-0.2, 0) is 6.18 Å². The molecule has 0 spiro atoms. The van der Waals surface area contributed by atoms with Crippen molar-refractivity contribution in [3.05, 3.63) is 28.2 Å². The third kappa shape index (κ3) is 4.55. The Balaban J connectivity index is 2.99. The summed E-state index contributed by atoms with van der Waals surface area (Å²) in [6.45, 7) is 2.70. The van der Waals surface area contributed by atoms with Crippen LogP contribution < -0.4 is 4.74 Å². The number of halogens is 4. The van der Waals surface area contributed by atoms with Gasteiger partial charge in [0.2, 0.25) is 0 Å². The van der Waals surface area contributed by atoms with Gasteiger partial charge in [-0.2, -0.15) is 13.2 Å². The van der Waals surface area contributed by atoms with Crippen molar-refractivity contribution < 1.29 is 23.0 Å². The molecule has 0 atom stereocenters. The van der Waals surface area contributed by atoms with Gasteiger partial charge in [0.05, 0.1) is 11.2 Å². The molecule has 0 unspecified atom stereocenters. The van der Waals surface area contributed by atoms with Crippen molar-refractivity contribution in [3.63, 3.8) is 0 Å². The van der Waals surface area contributed by atoms with Crippen molar-refractivity contribution >= 4 is 15.9 Å². The summed E-state index contributed by atoms with van der Waals surface area (Å²) in [5.41, 5.74) is -2.05. The second-order valence-electron chi connectivity index (χ2n) is 4.24. The Kier molecular flexibility index (Phi) is 4.09. The van der Waals surface area contributed by atoms with E-state index in [1.807, 2.05) is 0 Å². The Morgan fingerprint density at radius 1 is 1.29 bits per heavy atom. The lowest BCUT2D eigenvalue weighted by molar-refractivity contribution is -0.139. The fourth-order valence-corrected chi connectivity index (χ4v) is 1.47. The van der Waals surface area contributed by atoms with E-state index in [0.29, 0.717) is 4.47 Å². The minimum absolute atomic E-state index is 0.211. The Morgan fingerprint density at radius 3 is 2.35 bits per heavy atom. The Labute approximate surface area is 106 Å². The molecule has 0 radical (unpaired) electrons. The van der Waals surface area contributed by atoms with Gasteiger partial charge in [-0.3, -0.25) is 0 Å². The summed E-state index contributed by atoms with van der Waals surface area (Å²) >= 11 is 2.97. The van der Waals surface area contributed by atoms with Gasteiger partial charge >= 0.3 is 6.18 Å². The van der Waals surface area contributed by atoms with E-state index in [4.69, 9.17) is 4.74 Å². The highest BCUT2D eigenvalue weighted by atomic mass is 79.9. The van der Waals surface area contributed by atoms with Crippen LogP contribution in [-0.4, -0.2) is 17.3 Å². The monoisotopic (exact) mass is 312 g/mol. The van der Waals surface area contributed by atoms with E-state index in [9.17, 15) is 18.3 Å². The summed E-state index contributed by atoms with van der Waals surface area (Å²) in [5.74, 6) is -0.289. The first kappa shape index (κ1) is 14.3. The zero-order valence-corrected chi connectivity index (χ0v) is 10.9. The summed E-state index contributed by atoms with van der Waals surface area (Å²) in [6, 6.07) is 3.62. The zero-order chi connectivity index (χ0) is 13.3. The van der Waals surface area contributed by atoms with Crippen molar-refractivity contribution in [2.45, 2.75) is 25.6 Å². The minimum atomic E-state index is -4.49. The highest BCUT2D eigenvalue weighted by molar-refractivity contribution is 9.10. The lowest BCUT2D eigenvalue weighted by atomic mass is 10.1. The molecule has 2 nitrogen and oxygen atoms in total. The highest BCUT2D eigenvalue weighted by Gasteiger charge is 2.35. The van der Waals surface area contributed by atoms with E-state index in [0.717, 1.165) is 6.07 Å². The molecule has 17 heavy (non-hydrogen) atoms. The van der Waals surface area contributed by atoms with Crippen molar-refractivity contribution in [3.8, 4) is 5.75 Å². The third-order valence-corrected chi connectivity index (χ3v) is 2.32. The molecule has 0 aliphatic heterocycles. The number of hydrogen-bond donors (Lipinski definition) is 1. The van der Waals surface area contributed by atoms with E-state index in [-0.39, 0.29) is 12.4 Å². The highest BCUT2D eigenvalue weighted by Crippen LogP contribution is 2.38. The SMILES string of the molecule is CC(C)(O)COc1ccc(Br)cc1C(F)(F)F. The lowest BCUT2D eigenvalue weighted by Gasteiger charge is -2.20. The predicted octanol–water partition coefficient (Wildman–Crippen LogP) is 3.62. The maximum absolute atomic E-state index is 12.7. The standard InChI is InChI=1S/C11H12BrF3O2/c1-10(2,16)6-17-9-4-3-7(12)5-8(9)11(13,14)15/h3-5,16H,6H2,1-2H3. The Morgan fingerprint density at radius 2 is 1.88 bits per heavy atom. The van der Waals surface area contributed by atoms with Gasteiger partial charge in [0, 0.05) is 4.47 Å². The molecule has 0 amide bonds. The first-order valence-corrected chi connectivity index (χ1v) is 5.61. The lowest BCUT2D eigenvalue weighted by Crippen LogP contribution is -2.28. The van der Waals surface area contributed by atoms with Crippen molar-refractivity contribution in [2.75, 3.05) is 6.61 Å². The molecule has 0 saturated heterocycles. The van der Waals surface area contributed by atoms with Gasteiger partial charge in [0.1, 0.15) is 12.4 Å². The van der Waals surface area contributed by atoms with Crippen LogP contribution in [0.4, 0.5) is 13.2 Å². The van der Waals surface area contributed by atoms with Gasteiger partial charge in [-0.1, -0.05) is 15.9 Å². The molecule has 6 heteroatoms. The first-order valence-electron chi connectivity index (χ1n) is 4.81. The van der Waals surface area contributed by atoms with Crippen LogP contribution in [0.25, 0.3) is 0 Å². The second-order valence-corrected chi connectivity index (χ2v) is 5.16. The van der Waals surface area contributed by atoms with E-state index >= 15 is 0 Å². The molecule has 0 aliphatic carbocycles. The molecule has 0 saturated carbocycles. The summed E-state index contributed by atoms with van der Waals surface area (Å²) in [6.07, 6.45) is -4.49. The third-order valence-electron chi connectivity index (χ3n) is 1.83. The van der Waals surface area contributed by atoms with Crippen LogP contribution in [0, 0.1) is 0 Å². The minimum Gasteiger partial charge on any atom is -0.490 e. The van der Waals surface area contributed by atoms with Crippen LogP contribution in [0.2, 0.25) is 0 Å². The van der Waals surface area contributed by atoms with E-state index < -0.39 is 17.3 Å². The van der Waals surface area contributed by atoms with Crippen LogP contribution in [0.1, 0.15) is 19.4 Å². The number of rotatable bonds is 3. The van der Waals surface area contributed by atoms with Crippen LogP contribution >= 0.6 is 15.9 Å². The quantitative estimate of drug-likeness (QED) is 0.923. The largest absolute Gasteiger partial charge is 0.490 e. The molecule has 0 aliphatic rings. The Bertz CT molecular complexity index is 397. The molecule has 0 heterocycles. The average molecular weight is 313 g/mol. The molecule has 0 fully saturated rings. The molecule has 0 bridgehead atoms. The molecule has 1 aromatic carbocycles. The van der Waals surface area contributed by atoms with Gasteiger partial charge in [0.25, 0.3) is 0 Å². The molecule has 1 aromatic rings. The van der Waals surface area contributed by atoms with E-state index in [1.165, 1.54) is 26.0 Å². The van der Waals surface area contributed by atoms with Crippen molar-refractivity contribution in [1.82, 2.24) is 0 Å². The summed E-state index contributed by atoms with van der Waals surface area (Å²) in [4.78, 5) is 0.